The lowest BCUT2D eigenvalue weighted by atomic mass is 10.1. The minimum absolute atomic E-state index is 0.0421. The summed E-state index contributed by atoms with van der Waals surface area (Å²) in [6.45, 7) is 7.92. The zero-order chi connectivity index (χ0) is 16.4. The number of imidazole rings is 1. The smallest absolute Gasteiger partial charge is 0.240 e. The van der Waals surface area contributed by atoms with Gasteiger partial charge in [0.15, 0.2) is 0 Å². The van der Waals surface area contributed by atoms with Crippen molar-refractivity contribution in [3.8, 4) is 0 Å². The second kappa shape index (κ2) is 6.68. The van der Waals surface area contributed by atoms with Crippen LogP contribution >= 0.6 is 0 Å². The van der Waals surface area contributed by atoms with E-state index in [4.69, 9.17) is 4.74 Å². The molecule has 0 saturated carbocycles. The zero-order valence-corrected chi connectivity index (χ0v) is 13.9. The van der Waals surface area contributed by atoms with Gasteiger partial charge in [-0.25, -0.2) is 4.98 Å². The maximum atomic E-state index is 12.4. The van der Waals surface area contributed by atoms with Gasteiger partial charge in [0, 0.05) is 12.6 Å². The number of carbonyl (C=O) groups excluding carboxylic acids is 1. The first-order valence-corrected chi connectivity index (χ1v) is 8.16. The third-order valence-corrected chi connectivity index (χ3v) is 4.20. The average Bonchev–Trinajstić information content (AvgIpc) is 2.91. The molecule has 1 aliphatic heterocycles. The van der Waals surface area contributed by atoms with Crippen LogP contribution in [0.3, 0.4) is 0 Å². The van der Waals surface area contributed by atoms with E-state index < -0.39 is 0 Å². The molecule has 23 heavy (non-hydrogen) atoms. The van der Waals surface area contributed by atoms with Gasteiger partial charge in [-0.05, 0) is 32.9 Å². The maximum absolute atomic E-state index is 12.4. The fourth-order valence-corrected chi connectivity index (χ4v) is 3.10. The highest BCUT2D eigenvalue weighted by atomic mass is 16.5. The number of para-hydroxylation sites is 2. The summed E-state index contributed by atoms with van der Waals surface area (Å²) in [7, 11) is 0. The van der Waals surface area contributed by atoms with Gasteiger partial charge in [0.05, 0.1) is 30.3 Å². The van der Waals surface area contributed by atoms with Crippen molar-refractivity contribution >= 4 is 16.9 Å². The molecular formula is C17H24N4O2. The molecule has 0 aliphatic carbocycles. The summed E-state index contributed by atoms with van der Waals surface area (Å²) >= 11 is 0. The summed E-state index contributed by atoms with van der Waals surface area (Å²) in [5, 5.41) is 6.20. The van der Waals surface area contributed by atoms with Crippen molar-refractivity contribution in [1.82, 2.24) is 20.2 Å². The van der Waals surface area contributed by atoms with Crippen LogP contribution in [0.15, 0.2) is 24.3 Å². The second-order valence-corrected chi connectivity index (χ2v) is 6.21. The molecule has 0 spiro atoms. The van der Waals surface area contributed by atoms with Crippen LogP contribution in [0.2, 0.25) is 0 Å². The van der Waals surface area contributed by atoms with Gasteiger partial charge in [-0.1, -0.05) is 12.1 Å². The third kappa shape index (κ3) is 3.23. The standard InChI is InChI=1S/C17H24N4O2/c1-11(2)21-14-7-5-4-6-13(14)20-15(21)10-19-17(22)16-12(3)23-9-8-18-16/h4-7,11-12,16,18H,8-10H2,1-3H3,(H,19,22)/t12-,16+/m1/s1. The fourth-order valence-electron chi connectivity index (χ4n) is 3.10. The molecule has 2 atom stereocenters. The molecule has 0 bridgehead atoms. The first kappa shape index (κ1) is 16.0. The second-order valence-electron chi connectivity index (χ2n) is 6.21. The Hall–Kier alpha value is -1.92. The van der Waals surface area contributed by atoms with Crippen molar-refractivity contribution in [2.24, 2.45) is 0 Å². The van der Waals surface area contributed by atoms with Crippen molar-refractivity contribution in [3.63, 3.8) is 0 Å². The molecule has 3 rings (SSSR count). The van der Waals surface area contributed by atoms with Gasteiger partial charge in [-0.2, -0.15) is 0 Å². The molecule has 1 aromatic heterocycles. The SMILES string of the molecule is CC(C)n1c(CNC(=O)[C@H]2NCCO[C@@H]2C)nc2ccccc21. The molecule has 0 radical (unpaired) electrons. The predicted octanol–water partition coefficient (Wildman–Crippen LogP) is 1.61. The molecule has 2 heterocycles. The van der Waals surface area contributed by atoms with Crippen LogP contribution in [0.5, 0.6) is 0 Å². The summed E-state index contributed by atoms with van der Waals surface area (Å²) in [5.41, 5.74) is 2.05. The summed E-state index contributed by atoms with van der Waals surface area (Å²) in [4.78, 5) is 17.1. The van der Waals surface area contributed by atoms with Crippen molar-refractivity contribution in [2.45, 2.75) is 45.5 Å². The summed E-state index contributed by atoms with van der Waals surface area (Å²) in [6.07, 6.45) is -0.118. The van der Waals surface area contributed by atoms with E-state index in [0.29, 0.717) is 19.7 Å². The minimum atomic E-state index is -0.305. The number of ether oxygens (including phenoxy) is 1. The van der Waals surface area contributed by atoms with Crippen molar-refractivity contribution in [3.05, 3.63) is 30.1 Å². The molecule has 124 valence electrons. The normalized spacial score (nSPS) is 21.7. The molecule has 1 saturated heterocycles. The molecule has 0 unspecified atom stereocenters. The number of hydrogen-bond donors (Lipinski definition) is 2. The number of rotatable bonds is 4. The number of hydrogen-bond acceptors (Lipinski definition) is 4. The third-order valence-electron chi connectivity index (χ3n) is 4.20. The molecule has 1 amide bonds. The lowest BCUT2D eigenvalue weighted by molar-refractivity contribution is -0.129. The Labute approximate surface area is 136 Å². The van der Waals surface area contributed by atoms with E-state index in [0.717, 1.165) is 16.9 Å². The molecule has 2 N–H and O–H groups in total. The minimum Gasteiger partial charge on any atom is -0.375 e. The van der Waals surface area contributed by atoms with Crippen LogP contribution in [0, 0.1) is 0 Å². The fraction of sp³-hybridized carbons (Fsp3) is 0.529. The number of morpholine rings is 1. The predicted molar refractivity (Wildman–Crippen MR) is 89.2 cm³/mol. The van der Waals surface area contributed by atoms with E-state index in [-0.39, 0.29) is 24.1 Å². The van der Waals surface area contributed by atoms with Crippen molar-refractivity contribution in [1.29, 1.82) is 0 Å². The van der Waals surface area contributed by atoms with Crippen molar-refractivity contribution < 1.29 is 9.53 Å². The van der Waals surface area contributed by atoms with Crippen LogP contribution in [-0.2, 0) is 16.1 Å². The van der Waals surface area contributed by atoms with Gasteiger partial charge >= 0.3 is 0 Å². The van der Waals surface area contributed by atoms with Crippen LogP contribution < -0.4 is 10.6 Å². The number of fused-ring (bicyclic) bond motifs is 1. The van der Waals surface area contributed by atoms with E-state index in [1.165, 1.54) is 0 Å². The summed E-state index contributed by atoms with van der Waals surface area (Å²) in [6, 6.07) is 8.03. The van der Waals surface area contributed by atoms with Crippen molar-refractivity contribution in [2.75, 3.05) is 13.2 Å². The molecular weight excluding hydrogens is 292 g/mol. The Bertz CT molecular complexity index is 695. The van der Waals surface area contributed by atoms with E-state index >= 15 is 0 Å². The van der Waals surface area contributed by atoms with Crippen LogP contribution in [0.1, 0.15) is 32.6 Å². The molecule has 1 aliphatic rings. The Balaban J connectivity index is 1.76. The lowest BCUT2D eigenvalue weighted by Gasteiger charge is -2.29. The molecule has 6 nitrogen and oxygen atoms in total. The Kier molecular flexibility index (Phi) is 4.63. The largest absolute Gasteiger partial charge is 0.375 e. The molecule has 1 fully saturated rings. The van der Waals surface area contributed by atoms with Gasteiger partial charge in [0.2, 0.25) is 5.91 Å². The number of amides is 1. The highest BCUT2D eigenvalue weighted by Gasteiger charge is 2.28. The van der Waals surface area contributed by atoms with Gasteiger partial charge in [0.1, 0.15) is 11.9 Å². The Morgan fingerprint density at radius 2 is 2.26 bits per heavy atom. The van der Waals surface area contributed by atoms with E-state index in [1.807, 2.05) is 25.1 Å². The highest BCUT2D eigenvalue weighted by molar-refractivity contribution is 5.82. The molecule has 1 aromatic carbocycles. The van der Waals surface area contributed by atoms with E-state index in [9.17, 15) is 4.79 Å². The number of benzene rings is 1. The maximum Gasteiger partial charge on any atom is 0.240 e. The Morgan fingerprint density at radius 1 is 1.48 bits per heavy atom. The number of aromatic nitrogens is 2. The number of nitrogens with one attached hydrogen (secondary N) is 2. The molecule has 2 aromatic rings. The van der Waals surface area contributed by atoms with Gasteiger partial charge < -0.3 is 19.9 Å². The van der Waals surface area contributed by atoms with Gasteiger partial charge in [0.25, 0.3) is 0 Å². The Morgan fingerprint density at radius 3 is 3.00 bits per heavy atom. The summed E-state index contributed by atoms with van der Waals surface area (Å²) < 4.78 is 7.70. The molecule has 6 heteroatoms. The lowest BCUT2D eigenvalue weighted by Crippen LogP contribution is -2.55. The average molecular weight is 316 g/mol. The van der Waals surface area contributed by atoms with Crippen LogP contribution in [0.25, 0.3) is 11.0 Å². The van der Waals surface area contributed by atoms with Crippen LogP contribution in [-0.4, -0.2) is 40.8 Å². The van der Waals surface area contributed by atoms with Gasteiger partial charge in [-0.15, -0.1) is 0 Å². The van der Waals surface area contributed by atoms with Crippen LogP contribution in [0.4, 0.5) is 0 Å². The number of carbonyl (C=O) groups is 1. The van der Waals surface area contributed by atoms with E-state index in [2.05, 4.69) is 40.1 Å². The zero-order valence-electron chi connectivity index (χ0n) is 13.9. The summed E-state index contributed by atoms with van der Waals surface area (Å²) in [5.74, 6) is 0.832. The highest BCUT2D eigenvalue weighted by Crippen LogP contribution is 2.20. The monoisotopic (exact) mass is 316 g/mol. The quantitative estimate of drug-likeness (QED) is 0.899. The topological polar surface area (TPSA) is 68.2 Å². The van der Waals surface area contributed by atoms with E-state index in [1.54, 1.807) is 0 Å². The first-order valence-electron chi connectivity index (χ1n) is 8.16. The first-order chi connectivity index (χ1) is 11.1. The number of nitrogens with zero attached hydrogens (tertiary/aromatic N) is 2. The van der Waals surface area contributed by atoms with Gasteiger partial charge in [-0.3, -0.25) is 4.79 Å².